The molecule has 1 aromatic rings. The van der Waals surface area contributed by atoms with Crippen molar-refractivity contribution in [2.24, 2.45) is 0 Å². The van der Waals surface area contributed by atoms with Crippen molar-refractivity contribution in [2.45, 2.75) is 13.3 Å². The molecule has 0 N–H and O–H groups in total. The Morgan fingerprint density at radius 2 is 2.31 bits per heavy atom. The standard InChI is InChI=1S/C12H17FN2S/c1-4-6-10(7-5-8-13)11-9-16-12(14-11)15(2)3/h4,6-7,9H,5,8H2,1-3H3/b6-4-,10-7+. The van der Waals surface area contributed by atoms with Crippen LogP contribution in [-0.4, -0.2) is 25.8 Å². The van der Waals surface area contributed by atoms with Crippen LogP contribution in [0.4, 0.5) is 9.52 Å². The summed E-state index contributed by atoms with van der Waals surface area (Å²) in [6.07, 6.45) is 6.23. The van der Waals surface area contributed by atoms with E-state index >= 15 is 0 Å². The lowest BCUT2D eigenvalue weighted by Gasteiger charge is -2.05. The minimum atomic E-state index is -0.328. The lowest BCUT2D eigenvalue weighted by molar-refractivity contribution is 0.501. The third-order valence-corrected chi connectivity index (χ3v) is 3.00. The van der Waals surface area contributed by atoms with E-state index in [9.17, 15) is 4.39 Å². The highest BCUT2D eigenvalue weighted by Crippen LogP contribution is 2.24. The molecule has 0 amide bonds. The van der Waals surface area contributed by atoms with Gasteiger partial charge in [-0.3, -0.25) is 4.39 Å². The van der Waals surface area contributed by atoms with Crippen molar-refractivity contribution in [1.82, 2.24) is 4.98 Å². The number of hydrogen-bond donors (Lipinski definition) is 0. The Morgan fingerprint density at radius 1 is 1.56 bits per heavy atom. The number of anilines is 1. The van der Waals surface area contributed by atoms with E-state index in [0.717, 1.165) is 16.4 Å². The fraction of sp³-hybridized carbons (Fsp3) is 0.417. The molecule has 0 saturated carbocycles. The topological polar surface area (TPSA) is 16.1 Å². The summed E-state index contributed by atoms with van der Waals surface area (Å²) in [5.41, 5.74) is 1.91. The molecular weight excluding hydrogens is 223 g/mol. The van der Waals surface area contributed by atoms with E-state index in [0.29, 0.717) is 6.42 Å². The van der Waals surface area contributed by atoms with Crippen molar-refractivity contribution in [3.8, 4) is 0 Å². The molecule has 0 atom stereocenters. The molecule has 0 aliphatic carbocycles. The summed E-state index contributed by atoms with van der Waals surface area (Å²) in [5, 5.41) is 2.96. The van der Waals surface area contributed by atoms with Crippen LogP contribution in [0.1, 0.15) is 19.0 Å². The van der Waals surface area contributed by atoms with Gasteiger partial charge in [-0.05, 0) is 18.9 Å². The highest BCUT2D eigenvalue weighted by molar-refractivity contribution is 7.13. The van der Waals surface area contributed by atoms with Gasteiger partial charge in [0, 0.05) is 19.5 Å². The molecule has 88 valence electrons. The molecule has 0 fully saturated rings. The van der Waals surface area contributed by atoms with Gasteiger partial charge < -0.3 is 4.90 Å². The summed E-state index contributed by atoms with van der Waals surface area (Å²) >= 11 is 1.59. The maximum atomic E-state index is 12.1. The Labute approximate surface area is 100 Å². The van der Waals surface area contributed by atoms with Crippen LogP contribution in [-0.2, 0) is 0 Å². The predicted octanol–water partition coefficient (Wildman–Crippen LogP) is 3.53. The highest BCUT2D eigenvalue weighted by Gasteiger charge is 2.05. The van der Waals surface area contributed by atoms with Gasteiger partial charge in [0.1, 0.15) is 0 Å². The van der Waals surface area contributed by atoms with E-state index in [-0.39, 0.29) is 6.67 Å². The molecule has 1 aromatic heterocycles. The average Bonchev–Trinajstić information content (AvgIpc) is 2.73. The number of allylic oxidation sites excluding steroid dienone is 4. The van der Waals surface area contributed by atoms with Gasteiger partial charge in [-0.25, -0.2) is 4.98 Å². The Kier molecular flexibility index (Phi) is 5.19. The monoisotopic (exact) mass is 240 g/mol. The number of nitrogens with zero attached hydrogens (tertiary/aromatic N) is 2. The fourth-order valence-electron chi connectivity index (χ4n) is 1.25. The first-order valence-electron chi connectivity index (χ1n) is 5.21. The van der Waals surface area contributed by atoms with Crippen molar-refractivity contribution >= 4 is 22.0 Å². The lowest BCUT2D eigenvalue weighted by atomic mass is 10.1. The van der Waals surface area contributed by atoms with Gasteiger partial charge >= 0.3 is 0 Å². The molecule has 0 aromatic carbocycles. The zero-order valence-electron chi connectivity index (χ0n) is 9.90. The van der Waals surface area contributed by atoms with Crippen LogP contribution in [0.15, 0.2) is 23.6 Å². The molecule has 0 radical (unpaired) electrons. The van der Waals surface area contributed by atoms with Crippen molar-refractivity contribution in [3.05, 3.63) is 29.3 Å². The molecule has 0 aliphatic rings. The highest BCUT2D eigenvalue weighted by atomic mass is 32.1. The molecule has 0 unspecified atom stereocenters. The van der Waals surface area contributed by atoms with E-state index in [4.69, 9.17) is 0 Å². The first-order chi connectivity index (χ1) is 7.69. The van der Waals surface area contributed by atoms with E-state index in [1.54, 1.807) is 11.3 Å². The van der Waals surface area contributed by atoms with Crippen LogP contribution in [0, 0.1) is 0 Å². The second-order valence-electron chi connectivity index (χ2n) is 3.55. The zero-order valence-corrected chi connectivity index (χ0v) is 10.7. The Morgan fingerprint density at radius 3 is 2.81 bits per heavy atom. The quantitative estimate of drug-likeness (QED) is 0.732. The maximum Gasteiger partial charge on any atom is 0.185 e. The van der Waals surface area contributed by atoms with Gasteiger partial charge in [0.05, 0.1) is 12.4 Å². The van der Waals surface area contributed by atoms with Crippen molar-refractivity contribution in [2.75, 3.05) is 25.7 Å². The lowest BCUT2D eigenvalue weighted by Crippen LogP contribution is -2.07. The number of rotatable bonds is 5. The van der Waals surface area contributed by atoms with Crippen molar-refractivity contribution in [1.29, 1.82) is 0 Å². The van der Waals surface area contributed by atoms with Crippen LogP contribution in [0.3, 0.4) is 0 Å². The Hall–Kier alpha value is -1.16. The molecule has 1 heterocycles. The van der Waals surface area contributed by atoms with Gasteiger partial charge in [0.15, 0.2) is 5.13 Å². The number of alkyl halides is 1. The smallest absolute Gasteiger partial charge is 0.185 e. The van der Waals surface area contributed by atoms with Crippen LogP contribution in [0.2, 0.25) is 0 Å². The Bertz CT molecular complexity index is 380. The second-order valence-corrected chi connectivity index (χ2v) is 4.38. The van der Waals surface area contributed by atoms with Crippen LogP contribution in [0.5, 0.6) is 0 Å². The number of halogens is 1. The van der Waals surface area contributed by atoms with Crippen LogP contribution >= 0.6 is 11.3 Å². The van der Waals surface area contributed by atoms with Crippen molar-refractivity contribution in [3.63, 3.8) is 0 Å². The minimum Gasteiger partial charge on any atom is -0.354 e. The molecule has 1 rings (SSSR count). The molecule has 16 heavy (non-hydrogen) atoms. The molecule has 2 nitrogen and oxygen atoms in total. The van der Waals surface area contributed by atoms with Gasteiger partial charge in [-0.1, -0.05) is 18.2 Å². The van der Waals surface area contributed by atoms with Gasteiger partial charge in [0.25, 0.3) is 0 Å². The number of thiazole rings is 1. The second kappa shape index (κ2) is 6.43. The summed E-state index contributed by atoms with van der Waals surface area (Å²) in [7, 11) is 3.92. The van der Waals surface area contributed by atoms with E-state index < -0.39 is 0 Å². The molecular formula is C12H17FN2S. The zero-order chi connectivity index (χ0) is 12.0. The maximum absolute atomic E-state index is 12.1. The van der Waals surface area contributed by atoms with E-state index in [1.165, 1.54) is 0 Å². The van der Waals surface area contributed by atoms with Crippen LogP contribution < -0.4 is 4.90 Å². The van der Waals surface area contributed by atoms with Crippen molar-refractivity contribution < 1.29 is 4.39 Å². The molecule has 0 saturated heterocycles. The number of hydrogen-bond acceptors (Lipinski definition) is 3. The summed E-state index contributed by atoms with van der Waals surface area (Å²) in [4.78, 5) is 6.45. The summed E-state index contributed by atoms with van der Waals surface area (Å²) < 4.78 is 12.1. The number of aromatic nitrogens is 1. The summed E-state index contributed by atoms with van der Waals surface area (Å²) in [6.45, 7) is 1.62. The molecule has 0 bridgehead atoms. The molecule has 4 heteroatoms. The Balaban J connectivity index is 2.92. The SMILES string of the molecule is C/C=C\C(=C/CCF)c1csc(N(C)C)n1. The fourth-order valence-corrected chi connectivity index (χ4v) is 2.02. The molecule has 0 aliphatic heterocycles. The minimum absolute atomic E-state index is 0.328. The first-order valence-corrected chi connectivity index (χ1v) is 6.09. The van der Waals surface area contributed by atoms with Gasteiger partial charge in [-0.15, -0.1) is 11.3 Å². The van der Waals surface area contributed by atoms with Crippen LogP contribution in [0.25, 0.3) is 5.57 Å². The normalized spacial score (nSPS) is 12.4. The largest absolute Gasteiger partial charge is 0.354 e. The van der Waals surface area contributed by atoms with Gasteiger partial charge in [0.2, 0.25) is 0 Å². The third-order valence-electron chi connectivity index (χ3n) is 1.99. The molecule has 0 spiro atoms. The summed E-state index contributed by atoms with van der Waals surface area (Å²) in [6, 6.07) is 0. The van der Waals surface area contributed by atoms with E-state index in [2.05, 4.69) is 4.98 Å². The van der Waals surface area contributed by atoms with E-state index in [1.807, 2.05) is 49.5 Å². The first kappa shape index (κ1) is 12.9. The average molecular weight is 240 g/mol. The third kappa shape index (κ3) is 3.45. The van der Waals surface area contributed by atoms with Gasteiger partial charge in [-0.2, -0.15) is 0 Å². The summed E-state index contributed by atoms with van der Waals surface area (Å²) in [5.74, 6) is 0. The predicted molar refractivity (Wildman–Crippen MR) is 69.8 cm³/mol.